The minimum absolute atomic E-state index is 0.0112. The fourth-order valence-electron chi connectivity index (χ4n) is 1.82. The Morgan fingerprint density at radius 1 is 1.06 bits per heavy atom. The standard InChI is InChI=1S/C15H22FNO/c1-2-3-4-5-6-7-8-15(18)17-14-11-9-13(16)10-12-14/h9-12H,2-8H2,1H3,(H,17,18). The summed E-state index contributed by atoms with van der Waals surface area (Å²) in [6, 6.07) is 5.85. The Balaban J connectivity index is 2.12. The van der Waals surface area contributed by atoms with Crippen molar-refractivity contribution in [3.63, 3.8) is 0 Å². The molecule has 1 aromatic carbocycles. The van der Waals surface area contributed by atoms with Crippen LogP contribution < -0.4 is 5.32 Å². The van der Waals surface area contributed by atoms with E-state index in [0.29, 0.717) is 12.1 Å². The van der Waals surface area contributed by atoms with Crippen molar-refractivity contribution in [1.29, 1.82) is 0 Å². The van der Waals surface area contributed by atoms with Crippen molar-refractivity contribution in [1.82, 2.24) is 0 Å². The first-order valence-corrected chi connectivity index (χ1v) is 6.78. The van der Waals surface area contributed by atoms with Gasteiger partial charge in [-0.3, -0.25) is 4.79 Å². The monoisotopic (exact) mass is 251 g/mol. The molecule has 1 rings (SSSR count). The highest BCUT2D eigenvalue weighted by atomic mass is 19.1. The lowest BCUT2D eigenvalue weighted by Crippen LogP contribution is -2.10. The number of unbranched alkanes of at least 4 members (excludes halogenated alkanes) is 5. The van der Waals surface area contributed by atoms with Gasteiger partial charge >= 0.3 is 0 Å². The second-order valence-corrected chi connectivity index (χ2v) is 4.57. The van der Waals surface area contributed by atoms with Gasteiger partial charge in [-0.15, -0.1) is 0 Å². The van der Waals surface area contributed by atoms with Crippen LogP contribution in [-0.2, 0) is 4.79 Å². The van der Waals surface area contributed by atoms with Crippen LogP contribution in [0.5, 0.6) is 0 Å². The molecule has 0 radical (unpaired) electrons. The van der Waals surface area contributed by atoms with Crippen molar-refractivity contribution in [2.24, 2.45) is 0 Å². The molecule has 0 aliphatic heterocycles. The fraction of sp³-hybridized carbons (Fsp3) is 0.533. The van der Waals surface area contributed by atoms with Gasteiger partial charge in [0.2, 0.25) is 5.91 Å². The number of hydrogen-bond acceptors (Lipinski definition) is 1. The molecule has 0 aliphatic rings. The van der Waals surface area contributed by atoms with E-state index >= 15 is 0 Å². The molecule has 0 bridgehead atoms. The predicted octanol–water partition coefficient (Wildman–Crippen LogP) is 4.51. The van der Waals surface area contributed by atoms with E-state index in [9.17, 15) is 9.18 Å². The third-order valence-corrected chi connectivity index (χ3v) is 2.89. The van der Waals surface area contributed by atoms with Crippen LogP contribution in [0.15, 0.2) is 24.3 Å². The van der Waals surface area contributed by atoms with Gasteiger partial charge in [-0.05, 0) is 30.7 Å². The third-order valence-electron chi connectivity index (χ3n) is 2.89. The van der Waals surface area contributed by atoms with Crippen LogP contribution in [0, 0.1) is 5.82 Å². The molecule has 100 valence electrons. The van der Waals surface area contributed by atoms with Crippen molar-refractivity contribution in [3.8, 4) is 0 Å². The minimum Gasteiger partial charge on any atom is -0.326 e. The molecular formula is C15H22FNO. The molecule has 18 heavy (non-hydrogen) atoms. The van der Waals surface area contributed by atoms with Crippen LogP contribution in [0.2, 0.25) is 0 Å². The smallest absolute Gasteiger partial charge is 0.224 e. The summed E-state index contributed by atoms with van der Waals surface area (Å²) in [6.07, 6.45) is 7.57. The second-order valence-electron chi connectivity index (χ2n) is 4.57. The van der Waals surface area contributed by atoms with E-state index in [-0.39, 0.29) is 11.7 Å². The summed E-state index contributed by atoms with van der Waals surface area (Å²) in [6.45, 7) is 2.19. The van der Waals surface area contributed by atoms with Crippen molar-refractivity contribution in [2.45, 2.75) is 51.9 Å². The lowest BCUT2D eigenvalue weighted by molar-refractivity contribution is -0.116. The van der Waals surface area contributed by atoms with Crippen molar-refractivity contribution in [2.75, 3.05) is 5.32 Å². The predicted molar refractivity (Wildman–Crippen MR) is 73.0 cm³/mol. The van der Waals surface area contributed by atoms with Gasteiger partial charge in [-0.1, -0.05) is 39.0 Å². The molecular weight excluding hydrogens is 229 g/mol. The number of carbonyl (C=O) groups excluding carboxylic acids is 1. The molecule has 0 spiro atoms. The summed E-state index contributed by atoms with van der Waals surface area (Å²) < 4.78 is 12.7. The lowest BCUT2D eigenvalue weighted by atomic mass is 10.1. The molecule has 3 heteroatoms. The Bertz CT molecular complexity index is 348. The Morgan fingerprint density at radius 3 is 2.33 bits per heavy atom. The summed E-state index contributed by atoms with van der Waals surface area (Å²) >= 11 is 0. The molecule has 1 aromatic rings. The quantitative estimate of drug-likeness (QED) is 0.676. The van der Waals surface area contributed by atoms with Gasteiger partial charge in [0.05, 0.1) is 0 Å². The van der Waals surface area contributed by atoms with Gasteiger partial charge in [0.1, 0.15) is 5.82 Å². The second kappa shape index (κ2) is 8.67. The number of anilines is 1. The number of amides is 1. The third kappa shape index (κ3) is 6.38. The van der Waals surface area contributed by atoms with Gasteiger partial charge in [0.15, 0.2) is 0 Å². The van der Waals surface area contributed by atoms with Crippen LogP contribution >= 0.6 is 0 Å². The molecule has 0 saturated carbocycles. The lowest BCUT2D eigenvalue weighted by Gasteiger charge is -2.05. The Kier molecular flexibility index (Phi) is 7.07. The maximum atomic E-state index is 12.7. The zero-order valence-corrected chi connectivity index (χ0v) is 11.0. The van der Waals surface area contributed by atoms with Crippen molar-refractivity contribution < 1.29 is 9.18 Å². The van der Waals surface area contributed by atoms with Gasteiger partial charge < -0.3 is 5.32 Å². The molecule has 0 unspecified atom stereocenters. The molecule has 0 aliphatic carbocycles. The number of carbonyl (C=O) groups is 1. The maximum Gasteiger partial charge on any atom is 0.224 e. The molecule has 2 nitrogen and oxygen atoms in total. The Labute approximate surface area is 109 Å². The van der Waals surface area contributed by atoms with Crippen molar-refractivity contribution in [3.05, 3.63) is 30.1 Å². The van der Waals surface area contributed by atoms with Gasteiger partial charge in [-0.25, -0.2) is 4.39 Å². The van der Waals surface area contributed by atoms with E-state index in [1.54, 1.807) is 12.1 Å². The van der Waals surface area contributed by atoms with Crippen LogP contribution in [0.3, 0.4) is 0 Å². The fourth-order valence-corrected chi connectivity index (χ4v) is 1.82. The van der Waals surface area contributed by atoms with Crippen LogP contribution in [0.4, 0.5) is 10.1 Å². The van der Waals surface area contributed by atoms with Crippen LogP contribution in [-0.4, -0.2) is 5.91 Å². The highest BCUT2D eigenvalue weighted by molar-refractivity contribution is 5.90. The van der Waals surface area contributed by atoms with E-state index in [1.807, 2.05) is 0 Å². The minimum atomic E-state index is -0.288. The average molecular weight is 251 g/mol. The Hall–Kier alpha value is -1.38. The van der Waals surface area contributed by atoms with E-state index in [1.165, 1.54) is 37.8 Å². The zero-order chi connectivity index (χ0) is 13.2. The highest BCUT2D eigenvalue weighted by Gasteiger charge is 2.02. The number of nitrogens with one attached hydrogen (secondary N) is 1. The number of hydrogen-bond donors (Lipinski definition) is 1. The van der Waals surface area contributed by atoms with E-state index < -0.39 is 0 Å². The molecule has 0 aromatic heterocycles. The molecule has 0 fully saturated rings. The zero-order valence-electron chi connectivity index (χ0n) is 11.0. The first kappa shape index (κ1) is 14.7. The van der Waals surface area contributed by atoms with Crippen LogP contribution in [0.25, 0.3) is 0 Å². The summed E-state index contributed by atoms with van der Waals surface area (Å²) in [4.78, 5) is 11.6. The van der Waals surface area contributed by atoms with E-state index in [0.717, 1.165) is 12.8 Å². The molecule has 0 saturated heterocycles. The highest BCUT2D eigenvalue weighted by Crippen LogP contribution is 2.11. The SMILES string of the molecule is CCCCCCCCC(=O)Nc1ccc(F)cc1. The number of halogens is 1. The summed E-state index contributed by atoms with van der Waals surface area (Å²) in [5.41, 5.74) is 0.660. The van der Waals surface area contributed by atoms with Crippen molar-refractivity contribution >= 4 is 11.6 Å². The topological polar surface area (TPSA) is 29.1 Å². The van der Waals surface area contributed by atoms with Gasteiger partial charge in [0, 0.05) is 12.1 Å². The summed E-state index contributed by atoms with van der Waals surface area (Å²) in [7, 11) is 0. The van der Waals surface area contributed by atoms with Crippen LogP contribution in [0.1, 0.15) is 51.9 Å². The summed E-state index contributed by atoms with van der Waals surface area (Å²) in [5, 5.41) is 2.77. The first-order valence-electron chi connectivity index (χ1n) is 6.78. The van der Waals surface area contributed by atoms with E-state index in [4.69, 9.17) is 0 Å². The Morgan fingerprint density at radius 2 is 1.67 bits per heavy atom. The molecule has 0 heterocycles. The average Bonchev–Trinajstić information content (AvgIpc) is 2.36. The molecule has 0 atom stereocenters. The van der Waals surface area contributed by atoms with Gasteiger partial charge in [0.25, 0.3) is 0 Å². The number of rotatable bonds is 8. The van der Waals surface area contributed by atoms with Gasteiger partial charge in [-0.2, -0.15) is 0 Å². The normalized spacial score (nSPS) is 10.3. The summed E-state index contributed by atoms with van der Waals surface area (Å²) in [5.74, 6) is -0.277. The molecule has 1 N–H and O–H groups in total. The molecule has 1 amide bonds. The number of benzene rings is 1. The maximum absolute atomic E-state index is 12.7. The first-order chi connectivity index (χ1) is 8.72. The largest absolute Gasteiger partial charge is 0.326 e. The van der Waals surface area contributed by atoms with E-state index in [2.05, 4.69) is 12.2 Å².